The van der Waals surface area contributed by atoms with Gasteiger partial charge in [-0.2, -0.15) is 0 Å². The maximum absolute atomic E-state index is 12.7. The number of aryl methyl sites for hydroxylation is 2. The smallest absolute Gasteiger partial charge is 0.282 e. The predicted octanol–water partition coefficient (Wildman–Crippen LogP) is 1.26. The lowest BCUT2D eigenvalue weighted by atomic mass is 10.1. The summed E-state index contributed by atoms with van der Waals surface area (Å²) in [5.41, 5.74) is 1.99. The van der Waals surface area contributed by atoms with Gasteiger partial charge in [0.1, 0.15) is 25.1 Å². The molecule has 6 heteroatoms. The van der Waals surface area contributed by atoms with Crippen molar-refractivity contribution in [2.45, 2.75) is 25.9 Å². The lowest BCUT2D eigenvalue weighted by molar-refractivity contribution is -0.0493. The fourth-order valence-corrected chi connectivity index (χ4v) is 1.59. The van der Waals surface area contributed by atoms with Crippen molar-refractivity contribution in [2.24, 2.45) is 0 Å². The number of benzene rings is 1. The van der Waals surface area contributed by atoms with E-state index >= 15 is 0 Å². The summed E-state index contributed by atoms with van der Waals surface area (Å²) >= 11 is 0. The van der Waals surface area contributed by atoms with Crippen molar-refractivity contribution < 1.29 is 23.7 Å². The number of aliphatic hydroxyl groups excluding tert-OH is 2. The van der Waals surface area contributed by atoms with Crippen LogP contribution >= 0.6 is 0 Å². The number of alkyl halides is 2. The van der Waals surface area contributed by atoms with E-state index in [9.17, 15) is 13.9 Å². The van der Waals surface area contributed by atoms with Gasteiger partial charge in [0.15, 0.2) is 0 Å². The Morgan fingerprint density at radius 2 is 2.05 bits per heavy atom. The van der Waals surface area contributed by atoms with Crippen LogP contribution in [-0.2, 0) is 0 Å². The Morgan fingerprint density at radius 1 is 1.35 bits per heavy atom. The molecule has 0 aliphatic rings. The summed E-state index contributed by atoms with van der Waals surface area (Å²) in [6.07, 6.45) is -0.899. The molecule has 0 aliphatic heterocycles. The molecular weight excluding hydrogens is 268 g/mol. The minimum atomic E-state index is -3.17. The number of hydrogen-bond acceptors (Lipinski definition) is 4. The number of rotatable bonds is 8. The minimum Gasteiger partial charge on any atom is -0.491 e. The summed E-state index contributed by atoms with van der Waals surface area (Å²) in [7, 11) is 0. The molecule has 0 heterocycles. The van der Waals surface area contributed by atoms with Crippen molar-refractivity contribution in [3.8, 4) is 5.75 Å². The fraction of sp³-hybridized carbons (Fsp3) is 0.571. The summed E-state index contributed by atoms with van der Waals surface area (Å²) in [4.78, 5) is 0. The molecule has 1 aromatic carbocycles. The molecule has 3 N–H and O–H groups in total. The number of hydrogen-bond donors (Lipinski definition) is 3. The molecule has 0 aromatic heterocycles. The molecule has 0 spiro atoms. The van der Waals surface area contributed by atoms with E-state index in [1.54, 1.807) is 0 Å². The zero-order chi connectivity index (χ0) is 15.2. The summed E-state index contributed by atoms with van der Waals surface area (Å²) in [6.45, 7) is 1.92. The Labute approximate surface area is 117 Å². The lowest BCUT2D eigenvalue weighted by Gasteiger charge is -2.17. The van der Waals surface area contributed by atoms with Crippen LogP contribution in [-0.4, -0.2) is 48.5 Å². The van der Waals surface area contributed by atoms with Crippen LogP contribution in [0.4, 0.5) is 8.78 Å². The van der Waals surface area contributed by atoms with Crippen LogP contribution in [0.1, 0.15) is 11.1 Å². The molecule has 0 amide bonds. The van der Waals surface area contributed by atoms with Gasteiger partial charge in [0.05, 0.1) is 6.54 Å². The molecule has 0 aliphatic carbocycles. The van der Waals surface area contributed by atoms with Crippen molar-refractivity contribution >= 4 is 0 Å². The molecule has 114 valence electrons. The highest BCUT2D eigenvalue weighted by atomic mass is 19.3. The third kappa shape index (κ3) is 5.81. The van der Waals surface area contributed by atoms with E-state index in [2.05, 4.69) is 5.32 Å². The van der Waals surface area contributed by atoms with Gasteiger partial charge in [-0.05, 0) is 31.0 Å². The topological polar surface area (TPSA) is 61.7 Å². The van der Waals surface area contributed by atoms with Crippen LogP contribution in [0.5, 0.6) is 5.75 Å². The fourth-order valence-electron chi connectivity index (χ4n) is 1.59. The third-order valence-corrected chi connectivity index (χ3v) is 2.77. The Balaban J connectivity index is 2.33. The van der Waals surface area contributed by atoms with E-state index in [-0.39, 0.29) is 13.2 Å². The van der Waals surface area contributed by atoms with Gasteiger partial charge in [-0.25, -0.2) is 8.78 Å². The maximum Gasteiger partial charge on any atom is 0.282 e. The van der Waals surface area contributed by atoms with Gasteiger partial charge < -0.3 is 20.3 Å². The Hall–Kier alpha value is -1.24. The minimum absolute atomic E-state index is 0.0159. The highest BCUT2D eigenvalue weighted by Gasteiger charge is 2.27. The maximum atomic E-state index is 12.7. The van der Waals surface area contributed by atoms with Crippen molar-refractivity contribution in [1.29, 1.82) is 0 Å². The number of aliphatic hydroxyl groups is 2. The SMILES string of the molecule is Cc1ccc(C)c(OCC(O)CNCC(F)(F)CO)c1. The van der Waals surface area contributed by atoms with E-state index in [0.29, 0.717) is 5.75 Å². The van der Waals surface area contributed by atoms with Crippen molar-refractivity contribution in [3.05, 3.63) is 29.3 Å². The quantitative estimate of drug-likeness (QED) is 0.674. The van der Waals surface area contributed by atoms with Gasteiger partial charge in [-0.3, -0.25) is 0 Å². The summed E-state index contributed by atoms with van der Waals surface area (Å²) in [5, 5.41) is 20.4. The molecule has 1 atom stereocenters. The van der Waals surface area contributed by atoms with E-state index < -0.39 is 25.2 Å². The van der Waals surface area contributed by atoms with Crippen molar-refractivity contribution in [3.63, 3.8) is 0 Å². The molecule has 4 nitrogen and oxygen atoms in total. The van der Waals surface area contributed by atoms with Crippen molar-refractivity contribution in [1.82, 2.24) is 5.32 Å². The van der Waals surface area contributed by atoms with Crippen LogP contribution in [0.3, 0.4) is 0 Å². The molecule has 0 fully saturated rings. The average molecular weight is 289 g/mol. The highest BCUT2D eigenvalue weighted by Crippen LogP contribution is 2.19. The second-order valence-corrected chi connectivity index (χ2v) is 4.88. The molecule has 0 saturated heterocycles. The average Bonchev–Trinajstić information content (AvgIpc) is 2.39. The standard InChI is InChI=1S/C14H21F2NO3/c1-10-3-4-11(2)13(5-10)20-7-12(19)6-17-8-14(15,16)9-18/h3-5,12,17-19H,6-9H2,1-2H3. The number of ether oxygens (including phenoxy) is 1. The number of halogens is 2. The van der Waals surface area contributed by atoms with E-state index in [0.717, 1.165) is 11.1 Å². The largest absolute Gasteiger partial charge is 0.491 e. The van der Waals surface area contributed by atoms with E-state index in [1.807, 2.05) is 32.0 Å². The van der Waals surface area contributed by atoms with Crippen molar-refractivity contribution in [2.75, 3.05) is 26.3 Å². The van der Waals surface area contributed by atoms with Gasteiger partial charge in [-0.15, -0.1) is 0 Å². The molecule has 0 radical (unpaired) electrons. The van der Waals surface area contributed by atoms with Gasteiger partial charge in [0.2, 0.25) is 0 Å². The van der Waals surface area contributed by atoms with Gasteiger partial charge >= 0.3 is 0 Å². The Bertz CT molecular complexity index is 427. The van der Waals surface area contributed by atoms with E-state index in [1.165, 1.54) is 0 Å². The second kappa shape index (κ2) is 7.52. The molecule has 1 unspecified atom stereocenters. The monoisotopic (exact) mass is 289 g/mol. The van der Waals surface area contributed by atoms with Crippen LogP contribution in [0.25, 0.3) is 0 Å². The molecule has 0 saturated carbocycles. The zero-order valence-corrected chi connectivity index (χ0v) is 11.7. The number of nitrogens with one attached hydrogen (secondary N) is 1. The first-order valence-corrected chi connectivity index (χ1v) is 6.41. The first-order valence-electron chi connectivity index (χ1n) is 6.41. The van der Waals surface area contributed by atoms with Crippen LogP contribution in [0.15, 0.2) is 18.2 Å². The van der Waals surface area contributed by atoms with Crippen LogP contribution < -0.4 is 10.1 Å². The van der Waals surface area contributed by atoms with E-state index in [4.69, 9.17) is 9.84 Å². The highest BCUT2D eigenvalue weighted by molar-refractivity contribution is 5.35. The summed E-state index contributed by atoms with van der Waals surface area (Å²) < 4.78 is 30.9. The Morgan fingerprint density at radius 3 is 2.70 bits per heavy atom. The normalized spacial score (nSPS) is 13.3. The van der Waals surface area contributed by atoms with Gasteiger partial charge in [0.25, 0.3) is 5.92 Å². The Kier molecular flexibility index (Phi) is 6.32. The molecular formula is C14H21F2NO3. The van der Waals surface area contributed by atoms with Crippen LogP contribution in [0, 0.1) is 13.8 Å². The first-order chi connectivity index (χ1) is 9.34. The van der Waals surface area contributed by atoms with Crippen LogP contribution in [0.2, 0.25) is 0 Å². The molecule has 1 aromatic rings. The lowest BCUT2D eigenvalue weighted by Crippen LogP contribution is -2.40. The third-order valence-electron chi connectivity index (χ3n) is 2.77. The van der Waals surface area contributed by atoms with Gasteiger partial charge in [0, 0.05) is 6.54 Å². The second-order valence-electron chi connectivity index (χ2n) is 4.88. The molecule has 1 rings (SSSR count). The first kappa shape index (κ1) is 16.8. The molecule has 20 heavy (non-hydrogen) atoms. The predicted molar refractivity (Wildman–Crippen MR) is 72.3 cm³/mol. The summed E-state index contributed by atoms with van der Waals surface area (Å²) in [6, 6.07) is 5.73. The molecule has 0 bridgehead atoms. The zero-order valence-electron chi connectivity index (χ0n) is 11.7. The summed E-state index contributed by atoms with van der Waals surface area (Å²) in [5.74, 6) is -2.50. The van der Waals surface area contributed by atoms with Gasteiger partial charge in [-0.1, -0.05) is 12.1 Å².